The van der Waals surface area contributed by atoms with Crippen LogP contribution in [-0.2, 0) is 0 Å². The molecule has 0 fully saturated rings. The van der Waals surface area contributed by atoms with Gasteiger partial charge in [-0.05, 0) is 12.1 Å². The summed E-state index contributed by atoms with van der Waals surface area (Å²) in [5, 5.41) is 0. The molecule has 0 aliphatic carbocycles. The van der Waals surface area contributed by atoms with Crippen molar-refractivity contribution in [3.05, 3.63) is 42.6 Å². The summed E-state index contributed by atoms with van der Waals surface area (Å²) in [6, 6.07) is 9.74. The first-order chi connectivity index (χ1) is 5.33. The Labute approximate surface area is 76.0 Å². The van der Waals surface area contributed by atoms with Crippen LogP contribution >= 0.6 is 15.3 Å². The van der Waals surface area contributed by atoms with E-state index in [-0.39, 0.29) is 0 Å². The third-order valence-electron chi connectivity index (χ3n) is 1.18. The van der Waals surface area contributed by atoms with E-state index in [1.807, 2.05) is 36.0 Å². The molecule has 11 heavy (non-hydrogen) atoms. The molecule has 1 atom stereocenters. The quantitative estimate of drug-likeness (QED) is 0.571. The van der Waals surface area contributed by atoms with Gasteiger partial charge in [0, 0.05) is 0 Å². The molecule has 0 aliphatic rings. The molecule has 1 unspecified atom stereocenters. The van der Waals surface area contributed by atoms with Gasteiger partial charge in [0.25, 0.3) is 0 Å². The third-order valence-corrected chi connectivity index (χ3v) is 3.73. The van der Waals surface area contributed by atoms with Gasteiger partial charge in [0.15, 0.2) is 0 Å². The van der Waals surface area contributed by atoms with Gasteiger partial charge < -0.3 is 4.43 Å². The molecule has 0 radical (unpaired) electrons. The maximum absolute atomic E-state index is 5.50. The van der Waals surface area contributed by atoms with Crippen molar-refractivity contribution in [1.29, 1.82) is 0 Å². The molecule has 1 nitrogen and oxygen atoms in total. The fourth-order valence-electron chi connectivity index (χ4n) is 0.677. The molecule has 0 bridgehead atoms. The average Bonchev–Trinajstić information content (AvgIpc) is 2.06. The lowest BCUT2D eigenvalue weighted by molar-refractivity contribution is 0.600. The summed E-state index contributed by atoms with van der Waals surface area (Å²) in [4.78, 5) is 0. The minimum absolute atomic E-state index is 0.904. The van der Waals surface area contributed by atoms with Crippen LogP contribution in [0.2, 0.25) is 0 Å². The van der Waals surface area contributed by atoms with Gasteiger partial charge in [0.2, 0.25) is 0 Å². The van der Waals surface area contributed by atoms with Crippen LogP contribution in [0.15, 0.2) is 42.6 Å². The number of rotatable bonds is 3. The minimum atomic E-state index is -1.33. The van der Waals surface area contributed by atoms with Crippen LogP contribution < -0.4 is 4.43 Å². The maximum Gasteiger partial charge on any atom is 0.330 e. The van der Waals surface area contributed by atoms with Crippen LogP contribution in [0.4, 0.5) is 0 Å². The van der Waals surface area contributed by atoms with Gasteiger partial charge in [-0.3, -0.25) is 0 Å². The zero-order valence-electron chi connectivity index (χ0n) is 6.03. The number of hydrogen-bond acceptors (Lipinski definition) is 1. The number of benzene rings is 1. The summed E-state index contributed by atoms with van der Waals surface area (Å²) in [5.74, 6) is 0.904. The minimum Gasteiger partial charge on any atom is -0.532 e. The molecule has 0 spiro atoms. The topological polar surface area (TPSA) is 9.23 Å². The SMILES string of the molecule is C=C[SiH](Br)Oc1ccccc1. The lowest BCUT2D eigenvalue weighted by Crippen LogP contribution is -2.09. The Hall–Kier alpha value is -0.543. The lowest BCUT2D eigenvalue weighted by atomic mass is 10.3. The van der Waals surface area contributed by atoms with E-state index in [1.165, 1.54) is 0 Å². The van der Waals surface area contributed by atoms with Gasteiger partial charge in [0.1, 0.15) is 5.75 Å². The molecular weight excluding hydrogens is 220 g/mol. The predicted octanol–water partition coefficient (Wildman–Crippen LogP) is 2.41. The Balaban J connectivity index is 2.57. The molecule has 0 saturated carbocycles. The first-order valence-electron chi connectivity index (χ1n) is 3.31. The van der Waals surface area contributed by atoms with Crippen molar-refractivity contribution in [2.75, 3.05) is 0 Å². The van der Waals surface area contributed by atoms with Gasteiger partial charge >= 0.3 is 7.66 Å². The molecule has 0 saturated heterocycles. The van der Waals surface area contributed by atoms with E-state index in [1.54, 1.807) is 0 Å². The highest BCUT2D eigenvalue weighted by atomic mass is 79.9. The number of halogens is 1. The summed E-state index contributed by atoms with van der Waals surface area (Å²) in [6.45, 7) is 3.65. The van der Waals surface area contributed by atoms with Crippen LogP contribution in [0, 0.1) is 0 Å². The summed E-state index contributed by atoms with van der Waals surface area (Å²) in [7, 11) is -1.33. The smallest absolute Gasteiger partial charge is 0.330 e. The largest absolute Gasteiger partial charge is 0.532 e. The molecule has 1 aromatic rings. The Kier molecular flexibility index (Phi) is 3.39. The third kappa shape index (κ3) is 2.90. The number of para-hydroxylation sites is 1. The first-order valence-corrected chi connectivity index (χ1v) is 7.63. The second kappa shape index (κ2) is 4.36. The Morgan fingerprint density at radius 2 is 2.00 bits per heavy atom. The van der Waals surface area contributed by atoms with E-state index in [4.69, 9.17) is 4.43 Å². The van der Waals surface area contributed by atoms with E-state index >= 15 is 0 Å². The second-order valence-electron chi connectivity index (χ2n) is 2.02. The maximum atomic E-state index is 5.50. The highest BCUT2D eigenvalue weighted by Gasteiger charge is 2.00. The van der Waals surface area contributed by atoms with E-state index in [0.29, 0.717) is 0 Å². The Morgan fingerprint density at radius 1 is 1.36 bits per heavy atom. The first kappa shape index (κ1) is 8.55. The fraction of sp³-hybridized carbons (Fsp3) is 0. The van der Waals surface area contributed by atoms with Crippen LogP contribution in [0.25, 0.3) is 0 Å². The highest BCUT2D eigenvalue weighted by molar-refractivity contribution is 9.24. The van der Waals surface area contributed by atoms with Gasteiger partial charge in [0.05, 0.1) is 0 Å². The molecule has 0 amide bonds. The van der Waals surface area contributed by atoms with Crippen molar-refractivity contribution in [3.63, 3.8) is 0 Å². The van der Waals surface area contributed by atoms with Crippen molar-refractivity contribution < 1.29 is 4.43 Å². The van der Waals surface area contributed by atoms with Gasteiger partial charge in [-0.1, -0.05) is 39.2 Å². The van der Waals surface area contributed by atoms with E-state index in [9.17, 15) is 0 Å². The van der Waals surface area contributed by atoms with Crippen LogP contribution in [0.3, 0.4) is 0 Å². The standard InChI is InChI=1S/C8H9BrOSi/c1-2-11(9)10-8-6-4-3-5-7-8/h2-7,11H,1H2. The monoisotopic (exact) mass is 228 g/mol. The summed E-state index contributed by atoms with van der Waals surface area (Å²) >= 11 is 3.41. The van der Waals surface area contributed by atoms with E-state index in [2.05, 4.69) is 21.9 Å². The van der Waals surface area contributed by atoms with Crippen molar-refractivity contribution >= 4 is 23.0 Å². The predicted molar refractivity (Wildman–Crippen MR) is 53.3 cm³/mol. The molecular formula is C8H9BrOSi. The molecule has 0 heterocycles. The summed E-state index contributed by atoms with van der Waals surface area (Å²) in [6.07, 6.45) is 0. The van der Waals surface area contributed by atoms with Crippen molar-refractivity contribution in [3.8, 4) is 5.75 Å². The Morgan fingerprint density at radius 3 is 2.55 bits per heavy atom. The lowest BCUT2D eigenvalue weighted by Gasteiger charge is -2.06. The van der Waals surface area contributed by atoms with Crippen molar-refractivity contribution in [2.45, 2.75) is 0 Å². The molecule has 0 aliphatic heterocycles. The molecule has 0 aromatic heterocycles. The molecule has 1 aromatic carbocycles. The van der Waals surface area contributed by atoms with Crippen LogP contribution in [0.1, 0.15) is 0 Å². The van der Waals surface area contributed by atoms with Crippen molar-refractivity contribution in [1.82, 2.24) is 0 Å². The molecule has 3 heteroatoms. The van der Waals surface area contributed by atoms with Gasteiger partial charge in [-0.25, -0.2) is 0 Å². The average molecular weight is 229 g/mol. The number of hydrogen-bond donors (Lipinski definition) is 0. The van der Waals surface area contributed by atoms with Crippen LogP contribution in [0.5, 0.6) is 5.75 Å². The second-order valence-corrected chi connectivity index (χ2v) is 6.13. The van der Waals surface area contributed by atoms with E-state index < -0.39 is 7.66 Å². The zero-order chi connectivity index (χ0) is 8.10. The fourth-order valence-corrected chi connectivity index (χ4v) is 1.84. The van der Waals surface area contributed by atoms with Gasteiger partial charge in [-0.15, -0.1) is 6.58 Å². The summed E-state index contributed by atoms with van der Waals surface area (Å²) in [5.41, 5.74) is 1.83. The molecule has 1 rings (SSSR count). The zero-order valence-corrected chi connectivity index (χ0v) is 8.78. The Bertz CT molecular complexity index is 225. The van der Waals surface area contributed by atoms with Crippen LogP contribution in [-0.4, -0.2) is 7.66 Å². The van der Waals surface area contributed by atoms with E-state index in [0.717, 1.165) is 5.75 Å². The van der Waals surface area contributed by atoms with Gasteiger partial charge in [-0.2, -0.15) is 0 Å². The molecule has 58 valence electrons. The normalized spacial score (nSPS) is 12.1. The highest BCUT2D eigenvalue weighted by Crippen LogP contribution is 2.11. The summed E-state index contributed by atoms with van der Waals surface area (Å²) < 4.78 is 5.50. The molecule has 0 N–H and O–H groups in total. The van der Waals surface area contributed by atoms with Crippen molar-refractivity contribution in [2.24, 2.45) is 0 Å².